The summed E-state index contributed by atoms with van der Waals surface area (Å²) in [7, 11) is -1.99. The van der Waals surface area contributed by atoms with E-state index in [9.17, 15) is 9.35 Å². The molecule has 36 heavy (non-hydrogen) atoms. The lowest BCUT2D eigenvalue weighted by atomic mass is 9.97. The van der Waals surface area contributed by atoms with Crippen LogP contribution in [-0.4, -0.2) is 52.5 Å². The van der Waals surface area contributed by atoms with E-state index in [4.69, 9.17) is 4.98 Å². The molecule has 3 heterocycles. The minimum atomic E-state index is -1.99. The van der Waals surface area contributed by atoms with Gasteiger partial charge >= 0.3 is 11.2 Å². The molecular weight excluding hydrogens is 486 g/mol. The molecule has 194 valence electrons. The largest absolute Gasteiger partial charge is 0.609 e. The zero-order chi connectivity index (χ0) is 26.2. The number of hydrogen-bond donors (Lipinski definition) is 1. The van der Waals surface area contributed by atoms with E-state index >= 15 is 0 Å². The molecule has 1 saturated carbocycles. The SMILES string of the molecule is CC(C)[Si](C#Cc1cc(N2C(=O)NCC2C2CCCC2)nc2nc([S+](C)[O-])ncc12)(C(C)C)C(C)C. The Hall–Kier alpha value is -2.15. The van der Waals surface area contributed by atoms with Crippen molar-refractivity contribution >= 4 is 42.1 Å². The van der Waals surface area contributed by atoms with Crippen LogP contribution in [0, 0.1) is 17.4 Å². The van der Waals surface area contributed by atoms with Crippen molar-refractivity contribution in [3.05, 3.63) is 17.8 Å². The average molecular weight is 526 g/mol. The van der Waals surface area contributed by atoms with Crippen LogP contribution in [0.1, 0.15) is 72.8 Å². The summed E-state index contributed by atoms with van der Waals surface area (Å²) in [6, 6.07) is 1.89. The van der Waals surface area contributed by atoms with Crippen LogP contribution in [0.4, 0.5) is 10.6 Å². The normalized spacial score (nSPS) is 19.9. The first kappa shape index (κ1) is 26.9. The topological polar surface area (TPSA) is 94.1 Å². The Morgan fingerprint density at radius 3 is 2.33 bits per heavy atom. The van der Waals surface area contributed by atoms with Gasteiger partial charge < -0.3 is 9.87 Å². The van der Waals surface area contributed by atoms with E-state index < -0.39 is 19.2 Å². The van der Waals surface area contributed by atoms with E-state index in [0.29, 0.717) is 40.6 Å². The molecule has 1 aliphatic heterocycles. The van der Waals surface area contributed by atoms with Gasteiger partial charge in [-0.1, -0.05) is 60.3 Å². The summed E-state index contributed by atoms with van der Waals surface area (Å²) in [6.45, 7) is 14.4. The summed E-state index contributed by atoms with van der Waals surface area (Å²) in [5, 5.41) is 4.00. The Bertz CT molecular complexity index is 1160. The van der Waals surface area contributed by atoms with Crippen molar-refractivity contribution in [3.63, 3.8) is 0 Å². The summed E-state index contributed by atoms with van der Waals surface area (Å²) in [5.74, 6) is 4.57. The number of hydrogen-bond acceptors (Lipinski definition) is 5. The number of carbonyl (C=O) groups is 1. The molecule has 2 aromatic heterocycles. The third kappa shape index (κ3) is 4.87. The van der Waals surface area contributed by atoms with Crippen LogP contribution in [0.5, 0.6) is 0 Å². The van der Waals surface area contributed by atoms with Gasteiger partial charge in [-0.05, 0) is 41.4 Å². The van der Waals surface area contributed by atoms with Gasteiger partial charge in [-0.15, -0.1) is 5.54 Å². The lowest BCUT2D eigenvalue weighted by Gasteiger charge is -2.38. The van der Waals surface area contributed by atoms with Gasteiger partial charge in [0.25, 0.3) is 0 Å². The molecule has 0 bridgehead atoms. The Balaban J connectivity index is 1.90. The Morgan fingerprint density at radius 1 is 1.11 bits per heavy atom. The van der Waals surface area contributed by atoms with Crippen LogP contribution in [0.15, 0.2) is 17.4 Å². The zero-order valence-electron chi connectivity index (χ0n) is 22.6. The molecule has 2 fully saturated rings. The third-order valence-corrected chi connectivity index (χ3v) is 15.3. The number of fused-ring (bicyclic) bond motifs is 1. The molecule has 1 saturated heterocycles. The van der Waals surface area contributed by atoms with Crippen LogP contribution >= 0.6 is 0 Å². The van der Waals surface area contributed by atoms with Gasteiger partial charge in [0.15, 0.2) is 5.65 Å². The van der Waals surface area contributed by atoms with Crippen LogP contribution in [0.3, 0.4) is 0 Å². The number of nitrogens with zero attached hydrogens (tertiary/aromatic N) is 4. The molecule has 2 aliphatic rings. The van der Waals surface area contributed by atoms with Crippen molar-refractivity contribution in [1.29, 1.82) is 0 Å². The van der Waals surface area contributed by atoms with Crippen LogP contribution < -0.4 is 10.2 Å². The number of pyridine rings is 1. The number of nitrogens with one attached hydrogen (secondary N) is 1. The van der Waals surface area contributed by atoms with Crippen molar-refractivity contribution < 1.29 is 9.35 Å². The van der Waals surface area contributed by atoms with Crippen molar-refractivity contribution in [3.8, 4) is 11.5 Å². The molecular formula is C27H39N5O2SSi. The fraction of sp³-hybridized carbons (Fsp3) is 0.630. The predicted molar refractivity (Wildman–Crippen MR) is 149 cm³/mol. The van der Waals surface area contributed by atoms with Crippen molar-refractivity contribution in [1.82, 2.24) is 20.3 Å². The summed E-state index contributed by atoms with van der Waals surface area (Å²) in [6.07, 6.45) is 7.91. The predicted octanol–water partition coefficient (Wildman–Crippen LogP) is 5.42. The van der Waals surface area contributed by atoms with Gasteiger partial charge in [0, 0.05) is 29.5 Å². The van der Waals surface area contributed by atoms with Crippen LogP contribution in [0.25, 0.3) is 11.0 Å². The summed E-state index contributed by atoms with van der Waals surface area (Å²) in [5.41, 5.74) is 6.52. The fourth-order valence-corrected chi connectivity index (χ4v) is 12.1. The number of anilines is 1. The van der Waals surface area contributed by atoms with Gasteiger partial charge in [0.2, 0.25) is 0 Å². The summed E-state index contributed by atoms with van der Waals surface area (Å²) >= 11 is -1.34. The Morgan fingerprint density at radius 2 is 1.75 bits per heavy atom. The second kappa shape index (κ2) is 10.7. The number of aromatic nitrogens is 3. The number of rotatable bonds is 6. The molecule has 2 amide bonds. The second-order valence-electron chi connectivity index (χ2n) is 11.2. The van der Waals surface area contributed by atoms with Gasteiger partial charge in [0.1, 0.15) is 20.1 Å². The van der Waals surface area contributed by atoms with E-state index in [1.807, 2.05) is 11.0 Å². The van der Waals surface area contributed by atoms with Crippen molar-refractivity contribution in [2.24, 2.45) is 5.92 Å². The minimum absolute atomic E-state index is 0.0721. The first-order valence-electron chi connectivity index (χ1n) is 13.2. The molecule has 1 aliphatic carbocycles. The monoisotopic (exact) mass is 525 g/mol. The maximum Gasteiger partial charge on any atom is 0.344 e. The highest BCUT2D eigenvalue weighted by molar-refractivity contribution is 7.90. The maximum atomic E-state index is 13.0. The molecule has 1 N–H and O–H groups in total. The molecule has 9 heteroatoms. The highest BCUT2D eigenvalue weighted by Crippen LogP contribution is 2.41. The number of carbonyl (C=O) groups excluding carboxylic acids is 1. The molecule has 4 rings (SSSR count). The molecule has 2 atom stereocenters. The van der Waals surface area contributed by atoms with Gasteiger partial charge in [0.05, 0.1) is 11.4 Å². The molecule has 0 spiro atoms. The first-order chi connectivity index (χ1) is 17.1. The molecule has 2 aromatic rings. The fourth-order valence-electron chi connectivity index (χ4n) is 6.47. The van der Waals surface area contributed by atoms with E-state index in [-0.39, 0.29) is 17.2 Å². The standard InChI is InChI=1S/C27H39N5O2SSi/c1-17(2)36(18(3)4,19(5)6)13-12-21-14-24(30-25-22(21)15-28-26(31-25)35(7)34)32-23(16-29-27(32)33)20-10-8-9-11-20/h14-15,17-20,23H,8-11,16H2,1-7H3,(H,29,33). The molecule has 0 aromatic carbocycles. The first-order valence-corrected chi connectivity index (χ1v) is 17.0. The molecule has 0 radical (unpaired) electrons. The highest BCUT2D eigenvalue weighted by atomic mass is 32.2. The smallest absolute Gasteiger partial charge is 0.344 e. The van der Waals surface area contributed by atoms with Gasteiger partial charge in [-0.3, -0.25) is 4.90 Å². The van der Waals surface area contributed by atoms with Crippen LogP contribution in [0.2, 0.25) is 16.6 Å². The Kier molecular flexibility index (Phi) is 7.98. The van der Waals surface area contributed by atoms with Crippen molar-refractivity contribution in [2.75, 3.05) is 17.7 Å². The van der Waals surface area contributed by atoms with Crippen LogP contribution in [-0.2, 0) is 11.2 Å². The lowest BCUT2D eigenvalue weighted by molar-refractivity contribution is 0.251. The number of urea groups is 1. The van der Waals surface area contributed by atoms with Gasteiger partial charge in [-0.25, -0.2) is 9.78 Å². The number of amides is 2. The molecule has 2 unspecified atom stereocenters. The van der Waals surface area contributed by atoms with E-state index in [2.05, 4.69) is 68.3 Å². The zero-order valence-corrected chi connectivity index (χ0v) is 24.4. The second-order valence-corrected chi connectivity index (χ2v) is 18.0. The van der Waals surface area contributed by atoms with Crippen molar-refractivity contribution in [2.45, 2.75) is 95.0 Å². The molecule has 7 nitrogen and oxygen atoms in total. The lowest BCUT2D eigenvalue weighted by Crippen LogP contribution is -2.43. The minimum Gasteiger partial charge on any atom is -0.609 e. The van der Waals surface area contributed by atoms with E-state index in [1.165, 1.54) is 12.8 Å². The van der Waals surface area contributed by atoms with E-state index in [0.717, 1.165) is 23.8 Å². The third-order valence-electron chi connectivity index (χ3n) is 8.27. The van der Waals surface area contributed by atoms with E-state index in [1.54, 1.807) is 12.5 Å². The summed E-state index contributed by atoms with van der Waals surface area (Å²) in [4.78, 5) is 28.5. The average Bonchev–Trinajstić information content (AvgIpc) is 3.47. The highest BCUT2D eigenvalue weighted by Gasteiger charge is 2.42. The quantitative estimate of drug-likeness (QED) is 0.235. The Labute approximate surface area is 219 Å². The van der Waals surface area contributed by atoms with Gasteiger partial charge in [-0.2, -0.15) is 9.97 Å². The summed E-state index contributed by atoms with van der Waals surface area (Å²) < 4.78 is 12.1. The maximum absolute atomic E-state index is 13.0.